The summed E-state index contributed by atoms with van der Waals surface area (Å²) in [4.78, 5) is 40.6. The Morgan fingerprint density at radius 1 is 1.39 bits per heavy atom. The second kappa shape index (κ2) is 5.18. The highest BCUT2D eigenvalue weighted by molar-refractivity contribution is 5.92. The Morgan fingerprint density at radius 2 is 2.17 bits per heavy atom. The van der Waals surface area contributed by atoms with Crippen molar-refractivity contribution in [2.24, 2.45) is 5.73 Å². The fourth-order valence-corrected chi connectivity index (χ4v) is 2.25. The molecule has 0 aromatic carbocycles. The van der Waals surface area contributed by atoms with E-state index in [0.29, 0.717) is 13.1 Å². The van der Waals surface area contributed by atoms with Crippen molar-refractivity contribution in [1.82, 2.24) is 14.9 Å². The molecule has 0 saturated carbocycles. The summed E-state index contributed by atoms with van der Waals surface area (Å²) in [5.74, 6) is -0.339. The Balaban J connectivity index is 2.29. The lowest BCUT2D eigenvalue weighted by atomic mass is 10.0. The maximum atomic E-state index is 12.2. The van der Waals surface area contributed by atoms with Gasteiger partial charge in [-0.25, -0.2) is 4.79 Å². The van der Waals surface area contributed by atoms with Gasteiger partial charge in [-0.2, -0.15) is 0 Å². The molecular weight excluding hydrogens is 236 g/mol. The predicted octanol–water partition coefficient (Wildman–Crippen LogP) is -0.983. The number of amides is 1. The molecule has 98 valence electrons. The molecule has 0 bridgehead atoms. The number of H-pyrrole nitrogens is 2. The molecule has 2 rings (SSSR count). The predicted molar refractivity (Wildman–Crippen MR) is 65.4 cm³/mol. The Morgan fingerprint density at radius 3 is 2.83 bits per heavy atom. The van der Waals surface area contributed by atoms with E-state index in [1.807, 2.05) is 4.98 Å². The van der Waals surface area contributed by atoms with Gasteiger partial charge in [-0.05, 0) is 19.3 Å². The number of likely N-dealkylation sites (tertiary alicyclic amines) is 1. The number of nitrogens with two attached hydrogens (primary N) is 1. The summed E-state index contributed by atoms with van der Waals surface area (Å²) in [5.41, 5.74) is 4.40. The molecule has 1 saturated heterocycles. The fraction of sp³-hybridized carbons (Fsp3) is 0.545. The standard InChI is InChI=1S/C11H16N4O3/c12-6-7-3-1-2-4-15(7)10(17)8-5-9(16)14-11(18)13-8/h5,7H,1-4,6,12H2,(H2,13,14,16,18). The maximum absolute atomic E-state index is 12.2. The van der Waals surface area contributed by atoms with Gasteiger partial charge in [0.25, 0.3) is 11.5 Å². The van der Waals surface area contributed by atoms with Gasteiger partial charge in [-0.1, -0.05) is 0 Å². The van der Waals surface area contributed by atoms with Crippen LogP contribution in [0.3, 0.4) is 0 Å². The molecule has 0 radical (unpaired) electrons. The van der Waals surface area contributed by atoms with Crippen LogP contribution in [0.4, 0.5) is 0 Å². The molecule has 7 nitrogen and oxygen atoms in total. The van der Waals surface area contributed by atoms with Crippen LogP contribution < -0.4 is 17.0 Å². The summed E-state index contributed by atoms with van der Waals surface area (Å²) in [5, 5.41) is 0. The molecular formula is C11H16N4O3. The molecule has 1 aromatic heterocycles. The second-order valence-electron chi connectivity index (χ2n) is 4.39. The van der Waals surface area contributed by atoms with Crippen LogP contribution in [0.5, 0.6) is 0 Å². The monoisotopic (exact) mass is 252 g/mol. The summed E-state index contributed by atoms with van der Waals surface area (Å²) in [6, 6.07) is 1.08. The fourth-order valence-electron chi connectivity index (χ4n) is 2.25. The Kier molecular flexibility index (Phi) is 3.61. The van der Waals surface area contributed by atoms with Crippen molar-refractivity contribution in [3.63, 3.8) is 0 Å². The van der Waals surface area contributed by atoms with Gasteiger partial charge in [-0.3, -0.25) is 14.6 Å². The minimum absolute atomic E-state index is 0.0177. The van der Waals surface area contributed by atoms with Gasteiger partial charge in [0.15, 0.2) is 0 Å². The molecule has 1 aliphatic rings. The highest BCUT2D eigenvalue weighted by Gasteiger charge is 2.27. The Hall–Kier alpha value is -1.89. The SMILES string of the molecule is NCC1CCCCN1C(=O)c1cc(=O)[nH]c(=O)[nH]1. The highest BCUT2D eigenvalue weighted by atomic mass is 16.2. The molecule has 1 fully saturated rings. The molecule has 1 amide bonds. The largest absolute Gasteiger partial charge is 0.333 e. The molecule has 4 N–H and O–H groups in total. The van der Waals surface area contributed by atoms with Crippen molar-refractivity contribution in [1.29, 1.82) is 0 Å². The number of hydrogen-bond acceptors (Lipinski definition) is 4. The van der Waals surface area contributed by atoms with Crippen molar-refractivity contribution in [3.8, 4) is 0 Å². The zero-order valence-electron chi connectivity index (χ0n) is 9.94. The van der Waals surface area contributed by atoms with E-state index < -0.39 is 11.2 Å². The minimum atomic E-state index is -0.674. The van der Waals surface area contributed by atoms with Gasteiger partial charge in [0, 0.05) is 25.2 Å². The number of piperidine rings is 1. The topological polar surface area (TPSA) is 112 Å². The summed E-state index contributed by atoms with van der Waals surface area (Å²) >= 11 is 0. The molecule has 0 spiro atoms. The van der Waals surface area contributed by atoms with E-state index in [-0.39, 0.29) is 17.6 Å². The number of carbonyl (C=O) groups is 1. The van der Waals surface area contributed by atoms with E-state index >= 15 is 0 Å². The first-order valence-corrected chi connectivity index (χ1v) is 5.96. The lowest BCUT2D eigenvalue weighted by Crippen LogP contribution is -2.48. The normalized spacial score (nSPS) is 19.8. The van der Waals surface area contributed by atoms with Crippen molar-refractivity contribution < 1.29 is 4.79 Å². The first-order chi connectivity index (χ1) is 8.61. The molecule has 18 heavy (non-hydrogen) atoms. The molecule has 7 heteroatoms. The number of carbonyl (C=O) groups excluding carboxylic acids is 1. The van der Waals surface area contributed by atoms with Gasteiger partial charge in [0.1, 0.15) is 5.69 Å². The third-order valence-electron chi connectivity index (χ3n) is 3.15. The zero-order valence-corrected chi connectivity index (χ0v) is 9.94. The van der Waals surface area contributed by atoms with Crippen LogP contribution in [0.15, 0.2) is 15.7 Å². The number of aromatic amines is 2. The summed E-state index contributed by atoms with van der Waals surface area (Å²) < 4.78 is 0. The van der Waals surface area contributed by atoms with Gasteiger partial charge in [0.05, 0.1) is 0 Å². The lowest BCUT2D eigenvalue weighted by molar-refractivity contribution is 0.0616. The minimum Gasteiger partial charge on any atom is -0.333 e. The first-order valence-electron chi connectivity index (χ1n) is 5.96. The summed E-state index contributed by atoms with van der Waals surface area (Å²) in [6.45, 7) is 0.995. The van der Waals surface area contributed by atoms with E-state index in [1.165, 1.54) is 0 Å². The highest BCUT2D eigenvalue weighted by Crippen LogP contribution is 2.17. The van der Waals surface area contributed by atoms with Crippen LogP contribution in [0.2, 0.25) is 0 Å². The van der Waals surface area contributed by atoms with Crippen LogP contribution in [0, 0.1) is 0 Å². The van der Waals surface area contributed by atoms with E-state index in [9.17, 15) is 14.4 Å². The van der Waals surface area contributed by atoms with Gasteiger partial charge in [-0.15, -0.1) is 0 Å². The van der Waals surface area contributed by atoms with Gasteiger partial charge < -0.3 is 15.6 Å². The van der Waals surface area contributed by atoms with Crippen LogP contribution in [0.1, 0.15) is 29.8 Å². The number of rotatable bonds is 2. The Labute approximate surface area is 103 Å². The number of aromatic nitrogens is 2. The van der Waals surface area contributed by atoms with Crippen molar-refractivity contribution in [2.75, 3.05) is 13.1 Å². The van der Waals surface area contributed by atoms with Gasteiger partial charge >= 0.3 is 5.69 Å². The molecule has 2 heterocycles. The van der Waals surface area contributed by atoms with E-state index in [0.717, 1.165) is 25.3 Å². The van der Waals surface area contributed by atoms with Crippen molar-refractivity contribution in [2.45, 2.75) is 25.3 Å². The molecule has 1 aromatic rings. The van der Waals surface area contributed by atoms with Crippen LogP contribution in [-0.4, -0.2) is 39.9 Å². The quantitative estimate of drug-likeness (QED) is 0.627. The Bertz CT molecular complexity index is 519. The van der Waals surface area contributed by atoms with E-state index in [1.54, 1.807) is 4.90 Å². The number of hydrogen-bond donors (Lipinski definition) is 3. The average Bonchev–Trinajstić information content (AvgIpc) is 2.36. The maximum Gasteiger partial charge on any atom is 0.326 e. The van der Waals surface area contributed by atoms with Crippen LogP contribution in [0.25, 0.3) is 0 Å². The molecule has 1 unspecified atom stereocenters. The average molecular weight is 252 g/mol. The zero-order chi connectivity index (χ0) is 13.1. The van der Waals surface area contributed by atoms with E-state index in [2.05, 4.69) is 4.98 Å². The third-order valence-corrected chi connectivity index (χ3v) is 3.15. The third kappa shape index (κ3) is 2.51. The molecule has 1 aliphatic heterocycles. The van der Waals surface area contributed by atoms with Crippen LogP contribution in [-0.2, 0) is 0 Å². The number of nitrogens with one attached hydrogen (secondary N) is 2. The van der Waals surface area contributed by atoms with Crippen molar-refractivity contribution >= 4 is 5.91 Å². The van der Waals surface area contributed by atoms with E-state index in [4.69, 9.17) is 5.73 Å². The van der Waals surface area contributed by atoms with Crippen LogP contribution >= 0.6 is 0 Å². The lowest BCUT2D eigenvalue weighted by Gasteiger charge is -2.34. The smallest absolute Gasteiger partial charge is 0.326 e. The molecule has 1 atom stereocenters. The molecule has 0 aliphatic carbocycles. The summed E-state index contributed by atoms with van der Waals surface area (Å²) in [6.07, 6.45) is 2.81. The van der Waals surface area contributed by atoms with Gasteiger partial charge in [0.2, 0.25) is 0 Å². The summed E-state index contributed by atoms with van der Waals surface area (Å²) in [7, 11) is 0. The van der Waals surface area contributed by atoms with Crippen molar-refractivity contribution in [3.05, 3.63) is 32.6 Å². The second-order valence-corrected chi connectivity index (χ2v) is 4.39. The number of nitrogens with zero attached hydrogens (tertiary/aromatic N) is 1. The first kappa shape index (κ1) is 12.6.